The third kappa shape index (κ3) is 4.18. The lowest BCUT2D eigenvalue weighted by atomic mass is 9.89. The molecule has 1 atom stereocenters. The third-order valence-electron chi connectivity index (χ3n) is 2.85. The van der Waals surface area contributed by atoms with Crippen LogP contribution in [-0.2, 0) is 5.41 Å². The number of rotatable bonds is 6. The summed E-state index contributed by atoms with van der Waals surface area (Å²) in [5.74, 6) is 0. The smallest absolute Gasteiger partial charge is 0.0857 e. The van der Waals surface area contributed by atoms with Gasteiger partial charge in [-0.3, -0.25) is 0 Å². The van der Waals surface area contributed by atoms with Crippen LogP contribution in [0.2, 0.25) is 0 Å². The minimum absolute atomic E-state index is 0.0548. The molecule has 1 aromatic rings. The molecule has 1 aromatic heterocycles. The molecule has 3 nitrogen and oxygen atoms in total. The molecule has 0 saturated carbocycles. The van der Waals surface area contributed by atoms with Gasteiger partial charge in [0.05, 0.1) is 10.6 Å². The SMILES string of the molecule is C=C(C)CCC(NCC)c1snnc1C(C)(C)C. The van der Waals surface area contributed by atoms with E-state index in [1.807, 2.05) is 0 Å². The molecule has 0 aliphatic carbocycles. The first-order valence-electron chi connectivity index (χ1n) is 6.56. The van der Waals surface area contributed by atoms with Crippen molar-refractivity contribution in [2.75, 3.05) is 6.54 Å². The van der Waals surface area contributed by atoms with Gasteiger partial charge in [-0.15, -0.1) is 11.7 Å². The molecular formula is C14H25N3S. The van der Waals surface area contributed by atoms with E-state index in [2.05, 4.69) is 56.1 Å². The van der Waals surface area contributed by atoms with Gasteiger partial charge in [0, 0.05) is 11.5 Å². The van der Waals surface area contributed by atoms with Gasteiger partial charge in [-0.25, -0.2) is 0 Å². The number of hydrogen-bond donors (Lipinski definition) is 1. The highest BCUT2D eigenvalue weighted by Gasteiger charge is 2.26. The van der Waals surface area contributed by atoms with Crippen molar-refractivity contribution in [1.29, 1.82) is 0 Å². The number of nitrogens with one attached hydrogen (secondary N) is 1. The fourth-order valence-corrected chi connectivity index (χ4v) is 2.88. The molecule has 102 valence electrons. The van der Waals surface area contributed by atoms with Crippen LogP contribution in [0.3, 0.4) is 0 Å². The minimum Gasteiger partial charge on any atom is -0.309 e. The third-order valence-corrected chi connectivity index (χ3v) is 3.69. The van der Waals surface area contributed by atoms with Gasteiger partial charge in [-0.2, -0.15) is 0 Å². The van der Waals surface area contributed by atoms with Gasteiger partial charge in [0.1, 0.15) is 0 Å². The summed E-state index contributed by atoms with van der Waals surface area (Å²) in [6, 6.07) is 0.348. The van der Waals surface area contributed by atoms with Crippen LogP contribution in [0.15, 0.2) is 12.2 Å². The van der Waals surface area contributed by atoms with Crippen LogP contribution in [0.1, 0.15) is 64.1 Å². The van der Waals surface area contributed by atoms with E-state index in [1.165, 1.54) is 22.0 Å². The van der Waals surface area contributed by atoms with Crippen LogP contribution < -0.4 is 5.32 Å². The molecule has 4 heteroatoms. The Bertz CT molecular complexity index is 390. The molecule has 0 fully saturated rings. The zero-order valence-electron chi connectivity index (χ0n) is 12.2. The molecular weight excluding hydrogens is 242 g/mol. The zero-order valence-corrected chi connectivity index (χ0v) is 13.0. The van der Waals surface area contributed by atoms with Crippen molar-refractivity contribution >= 4 is 11.5 Å². The maximum absolute atomic E-state index is 4.32. The Kier molecular flexibility index (Phi) is 5.47. The Hall–Kier alpha value is -0.740. The summed E-state index contributed by atoms with van der Waals surface area (Å²) < 4.78 is 4.15. The number of aromatic nitrogens is 2. The molecule has 1 rings (SSSR count). The largest absolute Gasteiger partial charge is 0.309 e. The van der Waals surface area contributed by atoms with Crippen LogP contribution in [0.4, 0.5) is 0 Å². The predicted octanol–water partition coefficient (Wildman–Crippen LogP) is 3.84. The van der Waals surface area contributed by atoms with E-state index in [-0.39, 0.29) is 5.41 Å². The lowest BCUT2D eigenvalue weighted by Gasteiger charge is -2.22. The number of hydrogen-bond acceptors (Lipinski definition) is 4. The molecule has 0 spiro atoms. The lowest BCUT2D eigenvalue weighted by molar-refractivity contribution is 0.494. The average Bonchev–Trinajstić information content (AvgIpc) is 2.72. The highest BCUT2D eigenvalue weighted by Crippen LogP contribution is 2.32. The number of allylic oxidation sites excluding steroid dienone is 1. The molecule has 0 aromatic carbocycles. The topological polar surface area (TPSA) is 37.8 Å². The average molecular weight is 267 g/mol. The quantitative estimate of drug-likeness (QED) is 0.796. The van der Waals surface area contributed by atoms with E-state index in [4.69, 9.17) is 0 Å². The van der Waals surface area contributed by atoms with Crippen molar-refractivity contribution in [1.82, 2.24) is 14.9 Å². The maximum atomic E-state index is 4.32. The monoisotopic (exact) mass is 267 g/mol. The standard InChI is InChI=1S/C14H25N3S/c1-7-15-11(9-8-10(2)3)12-13(14(4,5)6)16-17-18-12/h11,15H,2,7-9H2,1,3-6H3. The van der Waals surface area contributed by atoms with Gasteiger partial charge in [-0.05, 0) is 37.8 Å². The summed E-state index contributed by atoms with van der Waals surface area (Å²) in [5, 5.41) is 7.87. The van der Waals surface area contributed by atoms with E-state index in [0.29, 0.717) is 6.04 Å². The molecule has 0 aliphatic rings. The second-order valence-corrected chi connectivity index (χ2v) is 6.63. The second-order valence-electron chi connectivity index (χ2n) is 5.84. The first-order valence-corrected chi connectivity index (χ1v) is 7.34. The van der Waals surface area contributed by atoms with Gasteiger partial charge < -0.3 is 5.32 Å². The Balaban J connectivity index is 2.91. The van der Waals surface area contributed by atoms with Crippen LogP contribution in [-0.4, -0.2) is 16.1 Å². The summed E-state index contributed by atoms with van der Waals surface area (Å²) in [6.45, 7) is 15.7. The number of nitrogens with zero attached hydrogens (tertiary/aromatic N) is 2. The highest BCUT2D eigenvalue weighted by atomic mass is 32.1. The summed E-state index contributed by atoms with van der Waals surface area (Å²) >= 11 is 1.52. The van der Waals surface area contributed by atoms with Gasteiger partial charge in [0.15, 0.2) is 0 Å². The van der Waals surface area contributed by atoms with Gasteiger partial charge >= 0.3 is 0 Å². The van der Waals surface area contributed by atoms with Crippen molar-refractivity contribution in [3.05, 3.63) is 22.7 Å². The molecule has 1 N–H and O–H groups in total. The predicted molar refractivity (Wildman–Crippen MR) is 79.1 cm³/mol. The maximum Gasteiger partial charge on any atom is 0.0857 e. The Morgan fingerprint density at radius 2 is 2.11 bits per heavy atom. The van der Waals surface area contributed by atoms with Crippen molar-refractivity contribution < 1.29 is 0 Å². The fourth-order valence-electron chi connectivity index (χ4n) is 1.91. The van der Waals surface area contributed by atoms with Crippen molar-refractivity contribution in [2.24, 2.45) is 0 Å². The normalized spacial score (nSPS) is 13.6. The highest BCUT2D eigenvalue weighted by molar-refractivity contribution is 7.05. The molecule has 18 heavy (non-hydrogen) atoms. The summed E-state index contributed by atoms with van der Waals surface area (Å²) in [4.78, 5) is 1.28. The van der Waals surface area contributed by atoms with Crippen LogP contribution >= 0.6 is 11.5 Å². The Morgan fingerprint density at radius 1 is 1.44 bits per heavy atom. The van der Waals surface area contributed by atoms with Gasteiger partial charge in [0.2, 0.25) is 0 Å². The van der Waals surface area contributed by atoms with Gasteiger partial charge in [0.25, 0.3) is 0 Å². The van der Waals surface area contributed by atoms with E-state index >= 15 is 0 Å². The van der Waals surface area contributed by atoms with Crippen LogP contribution in [0, 0.1) is 0 Å². The van der Waals surface area contributed by atoms with E-state index < -0.39 is 0 Å². The summed E-state index contributed by atoms with van der Waals surface area (Å²) in [7, 11) is 0. The lowest BCUT2D eigenvalue weighted by Crippen LogP contribution is -2.24. The van der Waals surface area contributed by atoms with Crippen LogP contribution in [0.25, 0.3) is 0 Å². The van der Waals surface area contributed by atoms with Crippen molar-refractivity contribution in [2.45, 2.75) is 58.9 Å². The summed E-state index contributed by atoms with van der Waals surface area (Å²) in [5.41, 5.74) is 2.41. The minimum atomic E-state index is 0.0548. The first kappa shape index (κ1) is 15.3. The molecule has 0 saturated heterocycles. The zero-order chi connectivity index (χ0) is 13.8. The first-order chi connectivity index (χ1) is 8.36. The molecule has 1 heterocycles. The molecule has 0 amide bonds. The van der Waals surface area contributed by atoms with E-state index in [0.717, 1.165) is 25.1 Å². The van der Waals surface area contributed by atoms with Crippen molar-refractivity contribution in [3.63, 3.8) is 0 Å². The van der Waals surface area contributed by atoms with Crippen molar-refractivity contribution in [3.8, 4) is 0 Å². The molecule has 1 unspecified atom stereocenters. The second kappa shape index (κ2) is 6.43. The van der Waals surface area contributed by atoms with E-state index in [9.17, 15) is 0 Å². The fraction of sp³-hybridized carbons (Fsp3) is 0.714. The van der Waals surface area contributed by atoms with E-state index in [1.54, 1.807) is 0 Å². The molecule has 0 radical (unpaired) electrons. The summed E-state index contributed by atoms with van der Waals surface area (Å²) in [6.07, 6.45) is 2.11. The molecule has 0 aliphatic heterocycles. The van der Waals surface area contributed by atoms with Gasteiger partial charge in [-0.1, -0.05) is 37.8 Å². The Morgan fingerprint density at radius 3 is 2.61 bits per heavy atom. The Labute approximate surface area is 115 Å². The molecule has 0 bridgehead atoms. The van der Waals surface area contributed by atoms with Crippen LogP contribution in [0.5, 0.6) is 0 Å².